The highest BCUT2D eigenvalue weighted by Gasteiger charge is 2.23. The molecule has 1 N–H and O–H groups in total. The zero-order valence-corrected chi connectivity index (χ0v) is 21.3. The van der Waals surface area contributed by atoms with Crippen LogP contribution in [-0.2, 0) is 13.2 Å². The number of hydrogen-bond donors (Lipinski definition) is 1. The summed E-state index contributed by atoms with van der Waals surface area (Å²) in [5.74, 6) is 1.18. The molecule has 0 aliphatic carbocycles. The molecule has 4 aromatic carbocycles. The normalized spacial score (nSPS) is 12.0. The van der Waals surface area contributed by atoms with Crippen molar-refractivity contribution in [3.8, 4) is 28.7 Å². The first-order valence-corrected chi connectivity index (χ1v) is 12.4. The van der Waals surface area contributed by atoms with E-state index in [4.69, 9.17) is 18.9 Å². The SMILES string of the molecule is O=C(/C=C/c1ccc2c(c1)OCO2)c1c(OCc2ccccc2)cc(OCc2ccccc2)c(Br)c1O. The summed E-state index contributed by atoms with van der Waals surface area (Å²) in [6.45, 7) is 0.671. The monoisotopic (exact) mass is 558 g/mol. The van der Waals surface area contributed by atoms with E-state index in [9.17, 15) is 9.90 Å². The lowest BCUT2D eigenvalue weighted by atomic mass is 10.1. The Bertz CT molecular complexity index is 1430. The van der Waals surface area contributed by atoms with E-state index in [2.05, 4.69) is 15.9 Å². The number of hydrogen-bond acceptors (Lipinski definition) is 6. The lowest BCUT2D eigenvalue weighted by Gasteiger charge is -2.16. The second kappa shape index (κ2) is 11.2. The second-order valence-electron chi connectivity index (χ2n) is 8.27. The summed E-state index contributed by atoms with van der Waals surface area (Å²) in [6.07, 6.45) is 3.04. The molecule has 5 rings (SSSR count). The highest BCUT2D eigenvalue weighted by molar-refractivity contribution is 9.10. The summed E-state index contributed by atoms with van der Waals surface area (Å²) in [5.41, 5.74) is 2.68. The average Bonchev–Trinajstić information content (AvgIpc) is 3.41. The molecule has 37 heavy (non-hydrogen) atoms. The molecule has 0 amide bonds. The average molecular weight is 559 g/mol. The second-order valence-corrected chi connectivity index (χ2v) is 9.06. The van der Waals surface area contributed by atoms with Crippen LogP contribution < -0.4 is 18.9 Å². The van der Waals surface area contributed by atoms with Gasteiger partial charge in [-0.15, -0.1) is 0 Å². The van der Waals surface area contributed by atoms with Gasteiger partial charge in [-0.25, -0.2) is 0 Å². The van der Waals surface area contributed by atoms with E-state index in [0.29, 0.717) is 17.2 Å². The van der Waals surface area contributed by atoms with Gasteiger partial charge < -0.3 is 24.1 Å². The number of halogens is 1. The van der Waals surface area contributed by atoms with E-state index >= 15 is 0 Å². The Morgan fingerprint density at radius 1 is 0.838 bits per heavy atom. The molecule has 186 valence electrons. The van der Waals surface area contributed by atoms with E-state index < -0.39 is 5.78 Å². The zero-order chi connectivity index (χ0) is 25.6. The first kappa shape index (κ1) is 24.5. The number of carbonyl (C=O) groups is 1. The van der Waals surface area contributed by atoms with Crippen molar-refractivity contribution in [1.82, 2.24) is 0 Å². The zero-order valence-electron chi connectivity index (χ0n) is 19.7. The van der Waals surface area contributed by atoms with Crippen molar-refractivity contribution in [2.45, 2.75) is 13.2 Å². The van der Waals surface area contributed by atoms with Crippen LogP contribution in [0.25, 0.3) is 6.08 Å². The van der Waals surface area contributed by atoms with Crippen LogP contribution in [0, 0.1) is 0 Å². The van der Waals surface area contributed by atoms with Gasteiger partial charge in [-0.2, -0.15) is 0 Å². The largest absolute Gasteiger partial charge is 0.506 e. The molecule has 0 unspecified atom stereocenters. The van der Waals surface area contributed by atoms with Crippen LogP contribution in [0.4, 0.5) is 0 Å². The fourth-order valence-electron chi connectivity index (χ4n) is 3.80. The van der Waals surface area contributed by atoms with Crippen molar-refractivity contribution < 1.29 is 28.8 Å². The smallest absolute Gasteiger partial charge is 0.231 e. The number of phenolic OH excluding ortho intramolecular Hbond substituents is 1. The molecule has 6 nitrogen and oxygen atoms in total. The Hall–Kier alpha value is -4.23. The van der Waals surface area contributed by atoms with Gasteiger partial charge in [0.05, 0.1) is 0 Å². The highest BCUT2D eigenvalue weighted by atomic mass is 79.9. The van der Waals surface area contributed by atoms with Gasteiger partial charge in [0.15, 0.2) is 17.3 Å². The summed E-state index contributed by atoms with van der Waals surface area (Å²) in [7, 11) is 0. The minimum Gasteiger partial charge on any atom is -0.506 e. The molecule has 0 radical (unpaired) electrons. The molecule has 0 aromatic heterocycles. The lowest BCUT2D eigenvalue weighted by Crippen LogP contribution is -2.05. The summed E-state index contributed by atoms with van der Waals surface area (Å²) in [4.78, 5) is 13.3. The van der Waals surface area contributed by atoms with Gasteiger partial charge in [-0.3, -0.25) is 4.79 Å². The van der Waals surface area contributed by atoms with E-state index in [0.717, 1.165) is 16.7 Å². The Balaban J connectivity index is 1.44. The quantitative estimate of drug-likeness (QED) is 0.177. The predicted molar refractivity (Wildman–Crippen MR) is 143 cm³/mol. The van der Waals surface area contributed by atoms with Gasteiger partial charge in [0.25, 0.3) is 0 Å². The molecule has 0 saturated heterocycles. The van der Waals surface area contributed by atoms with Crippen molar-refractivity contribution in [2.75, 3.05) is 6.79 Å². The molecule has 4 aromatic rings. The van der Waals surface area contributed by atoms with Gasteiger partial charge in [-0.1, -0.05) is 72.8 Å². The molecule has 1 aliphatic rings. The molecular weight excluding hydrogens is 536 g/mol. The van der Waals surface area contributed by atoms with Gasteiger partial charge >= 0.3 is 0 Å². The predicted octanol–water partition coefficient (Wildman–Crippen LogP) is 6.94. The summed E-state index contributed by atoms with van der Waals surface area (Å²) in [5, 5.41) is 11.0. The van der Waals surface area contributed by atoms with Crippen molar-refractivity contribution in [3.05, 3.63) is 118 Å². The third kappa shape index (κ3) is 5.78. The van der Waals surface area contributed by atoms with E-state index in [-0.39, 0.29) is 41.5 Å². The molecule has 1 aliphatic heterocycles. The number of phenols is 1. The number of carbonyl (C=O) groups excluding carboxylic acids is 1. The van der Waals surface area contributed by atoms with E-state index in [1.807, 2.05) is 66.7 Å². The van der Waals surface area contributed by atoms with E-state index in [1.54, 1.807) is 24.3 Å². The number of aromatic hydroxyl groups is 1. The van der Waals surface area contributed by atoms with Crippen molar-refractivity contribution in [2.24, 2.45) is 0 Å². The summed E-state index contributed by atoms with van der Waals surface area (Å²) in [6, 6.07) is 26.3. The van der Waals surface area contributed by atoms with Crippen molar-refractivity contribution >= 4 is 27.8 Å². The minimum atomic E-state index is -0.423. The maximum absolute atomic E-state index is 13.3. The molecule has 1 heterocycles. The minimum absolute atomic E-state index is 0.0341. The topological polar surface area (TPSA) is 74.2 Å². The maximum Gasteiger partial charge on any atom is 0.231 e. The van der Waals surface area contributed by atoms with Crippen LogP contribution in [0.3, 0.4) is 0 Å². The maximum atomic E-state index is 13.3. The molecule has 0 spiro atoms. The van der Waals surface area contributed by atoms with Gasteiger partial charge in [-0.05, 0) is 50.8 Å². The fraction of sp³-hybridized carbons (Fsp3) is 0.100. The number of benzene rings is 4. The van der Waals surface area contributed by atoms with Crippen molar-refractivity contribution in [3.63, 3.8) is 0 Å². The molecule has 0 fully saturated rings. The van der Waals surface area contributed by atoms with Crippen molar-refractivity contribution in [1.29, 1.82) is 0 Å². The summed E-state index contributed by atoms with van der Waals surface area (Å²) >= 11 is 3.40. The van der Waals surface area contributed by atoms with E-state index in [1.165, 1.54) is 6.08 Å². The van der Waals surface area contributed by atoms with Crippen LogP contribution in [0.2, 0.25) is 0 Å². The molecule has 0 bridgehead atoms. The lowest BCUT2D eigenvalue weighted by molar-refractivity contribution is 0.104. The Morgan fingerprint density at radius 3 is 2.14 bits per heavy atom. The fourth-order valence-corrected chi connectivity index (χ4v) is 4.22. The highest BCUT2D eigenvalue weighted by Crippen LogP contribution is 2.43. The number of ketones is 1. The number of allylic oxidation sites excluding steroid dienone is 1. The van der Waals surface area contributed by atoms with Crippen LogP contribution in [0.15, 0.2) is 95.5 Å². The van der Waals surface area contributed by atoms with Crippen LogP contribution in [0.1, 0.15) is 27.0 Å². The first-order valence-electron chi connectivity index (χ1n) is 11.6. The molecule has 0 atom stereocenters. The molecule has 0 saturated carbocycles. The third-order valence-corrected chi connectivity index (χ3v) is 6.48. The van der Waals surface area contributed by atoms with Gasteiger partial charge in [0.1, 0.15) is 40.5 Å². The van der Waals surface area contributed by atoms with Crippen LogP contribution in [-0.4, -0.2) is 17.7 Å². The summed E-state index contributed by atoms with van der Waals surface area (Å²) < 4.78 is 23.0. The Kier molecular flexibility index (Phi) is 7.42. The number of ether oxygens (including phenoxy) is 4. The Morgan fingerprint density at radius 2 is 1.46 bits per heavy atom. The Labute approximate surface area is 222 Å². The van der Waals surface area contributed by atoms with Gasteiger partial charge in [0.2, 0.25) is 6.79 Å². The number of fused-ring (bicyclic) bond motifs is 1. The number of rotatable bonds is 9. The first-order chi connectivity index (χ1) is 18.1. The third-order valence-electron chi connectivity index (χ3n) is 5.71. The molecule has 7 heteroatoms. The molecular formula is C30H23BrO6. The van der Waals surface area contributed by atoms with Crippen LogP contribution in [0.5, 0.6) is 28.7 Å². The van der Waals surface area contributed by atoms with Crippen LogP contribution >= 0.6 is 15.9 Å². The standard InChI is InChI=1S/C30H23BrO6/c31-29-27(35-18-22-9-5-2-6-10-22)16-26(34-17-21-7-3-1-4-8-21)28(30(29)33)23(32)13-11-20-12-14-24-25(15-20)37-19-36-24/h1-16,33H,17-19H2/b13-11+. The van der Waals surface area contributed by atoms with Gasteiger partial charge in [0, 0.05) is 6.07 Å².